The fourth-order valence-corrected chi connectivity index (χ4v) is 4.10. The third-order valence-electron chi connectivity index (χ3n) is 5.94. The van der Waals surface area contributed by atoms with Crippen LogP contribution in [-0.2, 0) is 18.1 Å². The maximum absolute atomic E-state index is 12.9. The summed E-state index contributed by atoms with van der Waals surface area (Å²) in [6.07, 6.45) is -0.908. The minimum Gasteiger partial charge on any atom is -0.299 e. The predicted octanol–water partition coefficient (Wildman–Crippen LogP) is 6.18. The van der Waals surface area contributed by atoms with E-state index in [0.717, 1.165) is 56.6 Å². The number of rotatable bonds is 9. The second kappa shape index (κ2) is 9.00. The molecule has 0 aliphatic heterocycles. The number of nitrogens with zero attached hydrogens (tertiary/aromatic N) is 2. The van der Waals surface area contributed by atoms with Crippen molar-refractivity contribution in [2.45, 2.75) is 50.7 Å². The second-order valence-electron chi connectivity index (χ2n) is 7.89. The Morgan fingerprint density at radius 2 is 1.62 bits per heavy atom. The van der Waals surface area contributed by atoms with Gasteiger partial charge in [0.15, 0.2) is 0 Å². The second-order valence-corrected chi connectivity index (χ2v) is 7.89. The van der Waals surface area contributed by atoms with Gasteiger partial charge in [0.25, 0.3) is 0 Å². The molecule has 3 rings (SSSR count). The molecular weight excluding hydrogens is 373 g/mol. The highest BCUT2D eigenvalue weighted by Crippen LogP contribution is 2.50. The van der Waals surface area contributed by atoms with E-state index < -0.39 is 17.2 Å². The molecule has 0 spiro atoms. The monoisotopic (exact) mass is 400 g/mol. The Balaban J connectivity index is 1.68. The summed E-state index contributed by atoms with van der Waals surface area (Å²) < 4.78 is 38.7. The molecule has 1 fully saturated rings. The summed E-state index contributed by atoms with van der Waals surface area (Å²) in [5.74, 6) is 0.244. The Hall–Kier alpha value is -2.32. The number of hydrogen-bond donors (Lipinski definition) is 0. The number of nitriles is 1. The van der Waals surface area contributed by atoms with Gasteiger partial charge in [-0.3, -0.25) is 4.90 Å². The minimum absolute atomic E-state index is 0.244. The molecule has 1 aliphatic carbocycles. The SMILES string of the molecule is CCN(CCCC(C#N)(c1ccc(C(F)(F)F)cc1)C1CC1)Cc1ccccc1. The van der Waals surface area contributed by atoms with E-state index in [2.05, 4.69) is 30.0 Å². The Labute approximate surface area is 171 Å². The summed E-state index contributed by atoms with van der Waals surface area (Å²) in [5, 5.41) is 10.0. The molecule has 29 heavy (non-hydrogen) atoms. The molecule has 0 saturated heterocycles. The van der Waals surface area contributed by atoms with E-state index in [1.54, 1.807) is 0 Å². The van der Waals surface area contributed by atoms with Gasteiger partial charge in [-0.1, -0.05) is 49.4 Å². The Bertz CT molecular complexity index is 820. The molecule has 0 amide bonds. The van der Waals surface area contributed by atoms with Crippen LogP contribution in [0.4, 0.5) is 13.2 Å². The highest BCUT2D eigenvalue weighted by molar-refractivity contribution is 5.38. The van der Waals surface area contributed by atoms with Gasteiger partial charge in [-0.05, 0) is 68.0 Å². The van der Waals surface area contributed by atoms with E-state index in [4.69, 9.17) is 0 Å². The zero-order chi connectivity index (χ0) is 20.9. The van der Waals surface area contributed by atoms with Crippen molar-refractivity contribution >= 4 is 0 Å². The van der Waals surface area contributed by atoms with Crippen molar-refractivity contribution in [3.8, 4) is 6.07 Å². The van der Waals surface area contributed by atoms with Crippen LogP contribution < -0.4 is 0 Å². The lowest BCUT2D eigenvalue weighted by molar-refractivity contribution is -0.137. The van der Waals surface area contributed by atoms with Gasteiger partial charge in [-0.2, -0.15) is 18.4 Å². The van der Waals surface area contributed by atoms with E-state index in [0.29, 0.717) is 6.42 Å². The van der Waals surface area contributed by atoms with E-state index >= 15 is 0 Å². The third-order valence-corrected chi connectivity index (χ3v) is 5.94. The Kier molecular flexibility index (Phi) is 6.64. The Morgan fingerprint density at radius 3 is 2.14 bits per heavy atom. The number of benzene rings is 2. The van der Waals surface area contributed by atoms with Crippen LogP contribution in [0.25, 0.3) is 0 Å². The molecule has 154 valence electrons. The number of alkyl halides is 3. The summed E-state index contributed by atoms with van der Waals surface area (Å²) in [5.41, 5.74) is 0.632. The summed E-state index contributed by atoms with van der Waals surface area (Å²) >= 11 is 0. The van der Waals surface area contributed by atoms with E-state index in [1.165, 1.54) is 17.7 Å². The molecule has 0 radical (unpaired) electrons. The molecule has 1 unspecified atom stereocenters. The lowest BCUT2D eigenvalue weighted by Gasteiger charge is -2.29. The molecule has 5 heteroatoms. The first kappa shape index (κ1) is 21.4. The molecule has 0 bridgehead atoms. The van der Waals surface area contributed by atoms with Gasteiger partial charge >= 0.3 is 6.18 Å². The van der Waals surface area contributed by atoms with E-state index in [1.807, 2.05) is 18.2 Å². The van der Waals surface area contributed by atoms with Crippen LogP contribution in [0, 0.1) is 17.2 Å². The summed E-state index contributed by atoms with van der Waals surface area (Å²) in [7, 11) is 0. The largest absolute Gasteiger partial charge is 0.416 e. The fraction of sp³-hybridized carbons (Fsp3) is 0.458. The van der Waals surface area contributed by atoms with Crippen molar-refractivity contribution in [1.29, 1.82) is 5.26 Å². The summed E-state index contributed by atoms with van der Waals surface area (Å²) in [6.45, 7) is 4.76. The predicted molar refractivity (Wildman–Crippen MR) is 108 cm³/mol. The zero-order valence-electron chi connectivity index (χ0n) is 16.8. The van der Waals surface area contributed by atoms with Gasteiger partial charge in [-0.25, -0.2) is 0 Å². The van der Waals surface area contributed by atoms with Gasteiger partial charge in [0.05, 0.1) is 17.0 Å². The van der Waals surface area contributed by atoms with Crippen molar-refractivity contribution in [1.82, 2.24) is 4.90 Å². The fourth-order valence-electron chi connectivity index (χ4n) is 4.10. The van der Waals surface area contributed by atoms with Crippen LogP contribution in [0.3, 0.4) is 0 Å². The normalized spacial score (nSPS) is 16.4. The first-order valence-electron chi connectivity index (χ1n) is 10.2. The van der Waals surface area contributed by atoms with Crippen molar-refractivity contribution < 1.29 is 13.2 Å². The first-order valence-corrected chi connectivity index (χ1v) is 10.2. The average Bonchev–Trinajstić information content (AvgIpc) is 3.56. The van der Waals surface area contributed by atoms with E-state index in [-0.39, 0.29) is 5.92 Å². The van der Waals surface area contributed by atoms with Crippen LogP contribution in [-0.4, -0.2) is 18.0 Å². The lowest BCUT2D eigenvalue weighted by Crippen LogP contribution is -2.30. The first-order chi connectivity index (χ1) is 13.9. The number of hydrogen-bond acceptors (Lipinski definition) is 2. The maximum atomic E-state index is 12.9. The van der Waals surface area contributed by atoms with Crippen molar-refractivity contribution in [2.24, 2.45) is 5.92 Å². The molecule has 0 heterocycles. The molecular formula is C24H27F3N2. The van der Waals surface area contributed by atoms with E-state index in [9.17, 15) is 18.4 Å². The van der Waals surface area contributed by atoms with Crippen molar-refractivity contribution in [3.05, 3.63) is 71.3 Å². The van der Waals surface area contributed by atoms with Crippen LogP contribution in [0.1, 0.15) is 49.3 Å². The third kappa shape index (κ3) is 5.19. The molecule has 2 aromatic rings. The number of halogens is 3. The highest BCUT2D eigenvalue weighted by Gasteiger charge is 2.46. The molecule has 1 saturated carbocycles. The van der Waals surface area contributed by atoms with Crippen LogP contribution in [0.2, 0.25) is 0 Å². The molecule has 0 N–H and O–H groups in total. The summed E-state index contributed by atoms with van der Waals surface area (Å²) in [4.78, 5) is 2.34. The van der Waals surface area contributed by atoms with Gasteiger partial charge in [-0.15, -0.1) is 0 Å². The standard InChI is InChI=1S/C24H27F3N2/c1-2-29(17-19-7-4-3-5-8-19)16-6-15-23(18-28,20-9-10-20)21-11-13-22(14-12-21)24(25,26)27/h3-5,7-8,11-14,20H,2,6,9-10,15-17H2,1H3. The molecule has 0 aromatic heterocycles. The molecule has 1 atom stereocenters. The van der Waals surface area contributed by atoms with Crippen LogP contribution in [0.5, 0.6) is 0 Å². The molecule has 2 aromatic carbocycles. The minimum atomic E-state index is -4.35. The average molecular weight is 400 g/mol. The van der Waals surface area contributed by atoms with Gasteiger partial charge < -0.3 is 0 Å². The van der Waals surface area contributed by atoms with Crippen molar-refractivity contribution in [3.63, 3.8) is 0 Å². The Morgan fingerprint density at radius 1 is 1.00 bits per heavy atom. The van der Waals surface area contributed by atoms with Crippen LogP contribution >= 0.6 is 0 Å². The molecule has 2 nitrogen and oxygen atoms in total. The quantitative estimate of drug-likeness (QED) is 0.503. The van der Waals surface area contributed by atoms with Crippen molar-refractivity contribution in [2.75, 3.05) is 13.1 Å². The maximum Gasteiger partial charge on any atom is 0.416 e. The smallest absolute Gasteiger partial charge is 0.299 e. The van der Waals surface area contributed by atoms with Crippen LogP contribution in [0.15, 0.2) is 54.6 Å². The van der Waals surface area contributed by atoms with Gasteiger partial charge in [0, 0.05) is 6.54 Å². The van der Waals surface area contributed by atoms with Gasteiger partial charge in [0.2, 0.25) is 0 Å². The summed E-state index contributed by atoms with van der Waals surface area (Å²) in [6, 6.07) is 18.0. The highest BCUT2D eigenvalue weighted by atomic mass is 19.4. The van der Waals surface area contributed by atoms with Gasteiger partial charge in [0.1, 0.15) is 0 Å². The molecule has 1 aliphatic rings. The zero-order valence-corrected chi connectivity index (χ0v) is 16.8. The topological polar surface area (TPSA) is 27.0 Å². The lowest BCUT2D eigenvalue weighted by atomic mass is 9.73.